The summed E-state index contributed by atoms with van der Waals surface area (Å²) in [5.74, 6) is 0.0960. The van der Waals surface area contributed by atoms with E-state index in [4.69, 9.17) is 4.74 Å². The maximum atomic E-state index is 11.5. The van der Waals surface area contributed by atoms with E-state index >= 15 is 0 Å². The van der Waals surface area contributed by atoms with E-state index in [1.807, 2.05) is 18.2 Å². The van der Waals surface area contributed by atoms with Crippen molar-refractivity contribution in [2.24, 2.45) is 0 Å². The molecule has 0 radical (unpaired) electrons. The number of benzene rings is 1. The second kappa shape index (κ2) is 3.48. The lowest BCUT2D eigenvalue weighted by atomic mass is 10.0. The summed E-state index contributed by atoms with van der Waals surface area (Å²) in [6, 6.07) is 5.75. The number of fused-ring (bicyclic) bond motifs is 1. The molecule has 0 aliphatic carbocycles. The first kappa shape index (κ1) is 10.1. The largest absolute Gasteiger partial charge is 0.439 e. The number of rotatable bonds is 1. The monoisotopic (exact) mass is 232 g/mol. The Balaban J connectivity index is 1.92. The number of ether oxygens (including phenoxy) is 1. The number of hydrogen-bond acceptors (Lipinski definition) is 3. The maximum Gasteiger partial charge on any atom is 0.407 e. The molecule has 2 amide bonds. The van der Waals surface area contributed by atoms with E-state index in [2.05, 4.69) is 5.32 Å². The molecular weight excluding hydrogens is 220 g/mol. The van der Waals surface area contributed by atoms with Crippen LogP contribution in [0.1, 0.15) is 17.2 Å². The SMILES string of the molecule is CN1C(=O)Cc2cc(C3CNC(=O)O3)ccc21. The van der Waals surface area contributed by atoms with E-state index in [0.717, 1.165) is 16.8 Å². The van der Waals surface area contributed by atoms with Crippen molar-refractivity contribution in [3.8, 4) is 0 Å². The molecule has 1 aromatic rings. The Kier molecular flexibility index (Phi) is 2.07. The molecule has 1 N–H and O–H groups in total. The molecular formula is C12H12N2O3. The van der Waals surface area contributed by atoms with Gasteiger partial charge in [-0.2, -0.15) is 0 Å². The van der Waals surface area contributed by atoms with E-state index in [1.54, 1.807) is 11.9 Å². The summed E-state index contributed by atoms with van der Waals surface area (Å²) in [7, 11) is 1.77. The number of likely N-dealkylation sites (N-methyl/N-ethyl adjacent to an activating group) is 1. The van der Waals surface area contributed by atoms with Gasteiger partial charge in [0, 0.05) is 12.7 Å². The quantitative estimate of drug-likeness (QED) is 0.785. The van der Waals surface area contributed by atoms with Gasteiger partial charge in [-0.25, -0.2) is 4.79 Å². The van der Waals surface area contributed by atoms with Crippen LogP contribution in [0.25, 0.3) is 0 Å². The van der Waals surface area contributed by atoms with Gasteiger partial charge in [0.25, 0.3) is 0 Å². The second-order valence-corrected chi connectivity index (χ2v) is 4.29. The predicted octanol–water partition coefficient (Wildman–Crippen LogP) is 0.986. The van der Waals surface area contributed by atoms with Gasteiger partial charge in [0.15, 0.2) is 0 Å². The average Bonchev–Trinajstić information content (AvgIpc) is 2.85. The lowest BCUT2D eigenvalue weighted by molar-refractivity contribution is -0.117. The van der Waals surface area contributed by atoms with E-state index in [1.165, 1.54) is 0 Å². The molecule has 0 aromatic heterocycles. The third kappa shape index (κ3) is 1.54. The van der Waals surface area contributed by atoms with Crippen molar-refractivity contribution in [3.05, 3.63) is 29.3 Å². The van der Waals surface area contributed by atoms with Crippen molar-refractivity contribution in [2.45, 2.75) is 12.5 Å². The fourth-order valence-corrected chi connectivity index (χ4v) is 2.26. The number of nitrogens with one attached hydrogen (secondary N) is 1. The van der Waals surface area contributed by atoms with Gasteiger partial charge >= 0.3 is 6.09 Å². The molecule has 0 spiro atoms. The molecule has 2 heterocycles. The third-order valence-electron chi connectivity index (χ3n) is 3.23. The van der Waals surface area contributed by atoms with Crippen LogP contribution in [0, 0.1) is 0 Å². The number of hydrogen-bond donors (Lipinski definition) is 1. The first-order chi connectivity index (χ1) is 8.15. The average molecular weight is 232 g/mol. The van der Waals surface area contributed by atoms with Crippen molar-refractivity contribution in [1.82, 2.24) is 5.32 Å². The number of cyclic esters (lactones) is 1. The van der Waals surface area contributed by atoms with Crippen LogP contribution < -0.4 is 10.2 Å². The highest BCUT2D eigenvalue weighted by Gasteiger charge is 2.28. The van der Waals surface area contributed by atoms with Crippen molar-refractivity contribution >= 4 is 17.7 Å². The standard InChI is InChI=1S/C12H12N2O3/c1-14-9-3-2-7(4-8(9)5-11(14)15)10-6-13-12(16)17-10/h2-4,10H,5-6H2,1H3,(H,13,16). The zero-order valence-corrected chi connectivity index (χ0v) is 9.40. The molecule has 2 aliphatic rings. The molecule has 5 heteroatoms. The van der Waals surface area contributed by atoms with E-state index < -0.39 is 0 Å². The highest BCUT2D eigenvalue weighted by molar-refractivity contribution is 6.00. The van der Waals surface area contributed by atoms with Gasteiger partial charge in [0.05, 0.1) is 13.0 Å². The molecule has 1 aromatic carbocycles. The molecule has 1 unspecified atom stereocenters. The Morgan fingerprint density at radius 1 is 1.41 bits per heavy atom. The minimum Gasteiger partial charge on any atom is -0.439 e. The summed E-state index contributed by atoms with van der Waals surface area (Å²) >= 11 is 0. The fraction of sp³-hybridized carbons (Fsp3) is 0.333. The molecule has 0 bridgehead atoms. The Morgan fingerprint density at radius 3 is 2.94 bits per heavy atom. The number of carbonyl (C=O) groups excluding carboxylic acids is 2. The molecule has 17 heavy (non-hydrogen) atoms. The summed E-state index contributed by atoms with van der Waals surface area (Å²) in [6.45, 7) is 0.488. The predicted molar refractivity (Wildman–Crippen MR) is 60.8 cm³/mol. The number of anilines is 1. The van der Waals surface area contributed by atoms with E-state index in [0.29, 0.717) is 13.0 Å². The normalized spacial score (nSPS) is 22.4. The Labute approximate surface area is 98.4 Å². The van der Waals surface area contributed by atoms with Crippen LogP contribution in [0.15, 0.2) is 18.2 Å². The van der Waals surface area contributed by atoms with Crippen LogP contribution in [0.5, 0.6) is 0 Å². The molecule has 1 saturated heterocycles. The van der Waals surface area contributed by atoms with E-state index in [9.17, 15) is 9.59 Å². The molecule has 5 nitrogen and oxygen atoms in total. The number of amides is 2. The van der Waals surface area contributed by atoms with Crippen molar-refractivity contribution in [2.75, 3.05) is 18.5 Å². The molecule has 1 fully saturated rings. The summed E-state index contributed by atoms with van der Waals surface area (Å²) in [5.41, 5.74) is 2.87. The van der Waals surface area contributed by atoms with Crippen LogP contribution in [-0.2, 0) is 16.0 Å². The van der Waals surface area contributed by atoms with Gasteiger partial charge in [-0.3, -0.25) is 4.79 Å². The van der Waals surface area contributed by atoms with Crippen LogP contribution in [0.2, 0.25) is 0 Å². The maximum absolute atomic E-state index is 11.5. The highest BCUT2D eigenvalue weighted by atomic mass is 16.6. The Bertz CT molecular complexity index is 512. The topological polar surface area (TPSA) is 58.6 Å². The fourth-order valence-electron chi connectivity index (χ4n) is 2.26. The van der Waals surface area contributed by atoms with Gasteiger partial charge in [0.2, 0.25) is 5.91 Å². The van der Waals surface area contributed by atoms with Crippen molar-refractivity contribution < 1.29 is 14.3 Å². The van der Waals surface area contributed by atoms with Gasteiger partial charge in [0.1, 0.15) is 6.10 Å². The number of alkyl carbamates (subject to hydrolysis) is 1. The minimum absolute atomic E-state index is 0.0960. The first-order valence-corrected chi connectivity index (χ1v) is 5.49. The smallest absolute Gasteiger partial charge is 0.407 e. The third-order valence-corrected chi connectivity index (χ3v) is 3.23. The zero-order chi connectivity index (χ0) is 12.0. The molecule has 3 rings (SSSR count). The second-order valence-electron chi connectivity index (χ2n) is 4.29. The van der Waals surface area contributed by atoms with Crippen LogP contribution in [0.3, 0.4) is 0 Å². The number of nitrogens with zero attached hydrogens (tertiary/aromatic N) is 1. The Morgan fingerprint density at radius 2 is 2.24 bits per heavy atom. The lowest BCUT2D eigenvalue weighted by Crippen LogP contribution is -2.20. The van der Waals surface area contributed by atoms with Gasteiger partial charge in [-0.1, -0.05) is 6.07 Å². The minimum atomic E-state index is -0.385. The van der Waals surface area contributed by atoms with Gasteiger partial charge in [-0.05, 0) is 23.3 Å². The zero-order valence-electron chi connectivity index (χ0n) is 9.40. The molecule has 2 aliphatic heterocycles. The van der Waals surface area contributed by atoms with Gasteiger partial charge in [-0.15, -0.1) is 0 Å². The molecule has 1 atom stereocenters. The summed E-state index contributed by atoms with van der Waals surface area (Å²) in [6.07, 6.45) is -0.203. The molecule has 0 saturated carbocycles. The summed E-state index contributed by atoms with van der Waals surface area (Å²) in [4.78, 5) is 24.2. The number of carbonyl (C=O) groups is 2. The van der Waals surface area contributed by atoms with Crippen LogP contribution in [-0.4, -0.2) is 25.6 Å². The molecule has 88 valence electrons. The highest BCUT2D eigenvalue weighted by Crippen LogP contribution is 2.31. The Hall–Kier alpha value is -2.04. The van der Waals surface area contributed by atoms with Crippen LogP contribution in [0.4, 0.5) is 10.5 Å². The van der Waals surface area contributed by atoms with Gasteiger partial charge < -0.3 is 15.0 Å². The summed E-state index contributed by atoms with van der Waals surface area (Å²) < 4.78 is 5.11. The van der Waals surface area contributed by atoms with Crippen molar-refractivity contribution in [1.29, 1.82) is 0 Å². The lowest BCUT2D eigenvalue weighted by Gasteiger charge is -2.12. The van der Waals surface area contributed by atoms with Crippen LogP contribution >= 0.6 is 0 Å². The van der Waals surface area contributed by atoms with E-state index in [-0.39, 0.29) is 18.1 Å². The summed E-state index contributed by atoms with van der Waals surface area (Å²) in [5, 5.41) is 2.61. The first-order valence-electron chi connectivity index (χ1n) is 5.49. The van der Waals surface area contributed by atoms with Crippen molar-refractivity contribution in [3.63, 3.8) is 0 Å².